The smallest absolute Gasteiger partial charge is 0.434 e. The van der Waals surface area contributed by atoms with Crippen LogP contribution in [0.3, 0.4) is 0 Å². The highest BCUT2D eigenvalue weighted by molar-refractivity contribution is 7.12. The first kappa shape index (κ1) is 13.3. The van der Waals surface area contributed by atoms with Gasteiger partial charge in [-0.3, -0.25) is 4.79 Å². The van der Waals surface area contributed by atoms with Gasteiger partial charge in [0.25, 0.3) is 0 Å². The Morgan fingerprint density at radius 2 is 2.05 bits per heavy atom. The van der Waals surface area contributed by atoms with Crippen molar-refractivity contribution in [2.75, 3.05) is 0 Å². The minimum absolute atomic E-state index is 0.160. The molecule has 0 radical (unpaired) electrons. The third-order valence-corrected chi connectivity index (χ3v) is 3.04. The number of H-pyrrole nitrogens is 1. The Morgan fingerprint density at radius 1 is 1.37 bits per heavy atom. The molecule has 0 fully saturated rings. The van der Waals surface area contributed by atoms with E-state index < -0.39 is 28.5 Å². The van der Waals surface area contributed by atoms with Crippen LogP contribution in [0.4, 0.5) is 13.2 Å². The van der Waals surface area contributed by atoms with Crippen molar-refractivity contribution in [1.82, 2.24) is 9.97 Å². The van der Waals surface area contributed by atoms with Crippen LogP contribution in [0, 0.1) is 0 Å². The average molecular weight is 290 g/mol. The molecule has 5 nitrogen and oxygen atoms in total. The van der Waals surface area contributed by atoms with Gasteiger partial charge in [0.1, 0.15) is 10.6 Å². The molecular weight excluding hydrogens is 285 g/mol. The number of alkyl halides is 3. The normalized spacial score (nSPS) is 11.5. The molecule has 0 aliphatic rings. The number of halogens is 3. The monoisotopic (exact) mass is 290 g/mol. The first-order valence-electron chi connectivity index (χ1n) is 4.78. The van der Waals surface area contributed by atoms with E-state index in [1.807, 2.05) is 0 Å². The largest absolute Gasteiger partial charge is 0.477 e. The number of rotatable bonds is 3. The Bertz CT molecular complexity index is 644. The van der Waals surface area contributed by atoms with Gasteiger partial charge in [-0.2, -0.15) is 13.2 Å². The molecule has 0 aromatic carbocycles. The number of thiazole rings is 1. The molecule has 0 unspecified atom stereocenters. The maximum Gasteiger partial charge on any atom is 0.434 e. The summed E-state index contributed by atoms with van der Waals surface area (Å²) in [5, 5.41) is 8.66. The van der Waals surface area contributed by atoms with Crippen LogP contribution in [0.1, 0.15) is 31.4 Å². The molecule has 19 heavy (non-hydrogen) atoms. The summed E-state index contributed by atoms with van der Waals surface area (Å²) in [5.74, 6) is -2.22. The van der Waals surface area contributed by atoms with Crippen LogP contribution in [0.15, 0.2) is 17.8 Å². The highest BCUT2D eigenvalue weighted by Crippen LogP contribution is 2.33. The van der Waals surface area contributed by atoms with E-state index >= 15 is 0 Å². The van der Waals surface area contributed by atoms with Crippen molar-refractivity contribution in [2.24, 2.45) is 0 Å². The van der Waals surface area contributed by atoms with E-state index in [4.69, 9.17) is 5.11 Å². The predicted octanol–water partition coefficient (Wildman–Crippen LogP) is 2.42. The molecule has 0 spiro atoms. The minimum Gasteiger partial charge on any atom is -0.477 e. The predicted molar refractivity (Wildman–Crippen MR) is 58.3 cm³/mol. The van der Waals surface area contributed by atoms with Crippen molar-refractivity contribution in [2.45, 2.75) is 6.18 Å². The first-order chi connectivity index (χ1) is 8.80. The molecule has 2 heterocycles. The number of aromatic carboxylic acids is 1. The van der Waals surface area contributed by atoms with E-state index in [-0.39, 0.29) is 11.3 Å². The van der Waals surface area contributed by atoms with Crippen molar-refractivity contribution in [1.29, 1.82) is 0 Å². The van der Waals surface area contributed by atoms with E-state index in [2.05, 4.69) is 9.97 Å². The van der Waals surface area contributed by atoms with E-state index in [0.29, 0.717) is 11.3 Å². The lowest BCUT2D eigenvalue weighted by molar-refractivity contribution is -0.141. The fraction of sp³-hybridized carbons (Fsp3) is 0.100. The molecule has 100 valence electrons. The van der Waals surface area contributed by atoms with Crippen LogP contribution in [0.2, 0.25) is 0 Å². The van der Waals surface area contributed by atoms with Gasteiger partial charge in [-0.15, -0.1) is 11.3 Å². The lowest BCUT2D eigenvalue weighted by atomic mass is 10.1. The quantitative estimate of drug-likeness (QED) is 0.850. The fourth-order valence-corrected chi connectivity index (χ4v) is 2.16. The second-order valence-corrected chi connectivity index (χ2v) is 4.32. The molecule has 2 N–H and O–H groups in total. The molecule has 9 heteroatoms. The summed E-state index contributed by atoms with van der Waals surface area (Å²) in [6.07, 6.45) is -3.68. The van der Waals surface area contributed by atoms with Gasteiger partial charge in [-0.05, 0) is 6.07 Å². The van der Waals surface area contributed by atoms with Crippen molar-refractivity contribution >= 4 is 23.1 Å². The Kier molecular flexibility index (Phi) is 3.14. The number of aromatic nitrogens is 2. The molecular formula is C10H5F3N2O3S. The summed E-state index contributed by atoms with van der Waals surface area (Å²) >= 11 is 0.555. The van der Waals surface area contributed by atoms with Crippen molar-refractivity contribution in [3.63, 3.8) is 0 Å². The highest BCUT2D eigenvalue weighted by Gasteiger charge is 2.38. The van der Waals surface area contributed by atoms with Gasteiger partial charge >= 0.3 is 12.1 Å². The van der Waals surface area contributed by atoms with Crippen molar-refractivity contribution in [3.8, 4) is 0 Å². The highest BCUT2D eigenvalue weighted by atomic mass is 32.1. The minimum atomic E-state index is -4.73. The zero-order valence-electron chi connectivity index (χ0n) is 8.99. The maximum atomic E-state index is 12.6. The molecule has 0 atom stereocenters. The molecule has 2 rings (SSSR count). The fourth-order valence-electron chi connectivity index (χ4n) is 1.39. The number of aromatic amines is 1. The summed E-state index contributed by atoms with van der Waals surface area (Å²) in [5.41, 5.74) is -0.782. The summed E-state index contributed by atoms with van der Waals surface area (Å²) < 4.78 is 37.7. The van der Waals surface area contributed by atoms with Gasteiger partial charge in [0.05, 0.1) is 5.51 Å². The van der Waals surface area contributed by atoms with E-state index in [1.165, 1.54) is 0 Å². The number of carboxylic acids is 1. The van der Waals surface area contributed by atoms with Gasteiger partial charge < -0.3 is 10.1 Å². The Hall–Kier alpha value is -2.16. The molecule has 0 bridgehead atoms. The van der Waals surface area contributed by atoms with Crippen molar-refractivity contribution in [3.05, 3.63) is 39.6 Å². The molecule has 0 aliphatic carbocycles. The van der Waals surface area contributed by atoms with Crippen LogP contribution in [0.5, 0.6) is 0 Å². The number of hydrogen-bond acceptors (Lipinski definition) is 4. The molecule has 0 aliphatic heterocycles. The topological polar surface area (TPSA) is 83.0 Å². The third-order valence-electron chi connectivity index (χ3n) is 2.22. The lowest BCUT2D eigenvalue weighted by Crippen LogP contribution is -2.12. The number of carbonyl (C=O) groups is 2. The second kappa shape index (κ2) is 4.50. The average Bonchev–Trinajstić information content (AvgIpc) is 2.96. The summed E-state index contributed by atoms with van der Waals surface area (Å²) in [7, 11) is 0. The second-order valence-electron chi connectivity index (χ2n) is 3.46. The maximum absolute atomic E-state index is 12.6. The van der Waals surface area contributed by atoms with Crippen LogP contribution in [-0.4, -0.2) is 26.8 Å². The summed E-state index contributed by atoms with van der Waals surface area (Å²) in [6.45, 7) is 0. The summed E-state index contributed by atoms with van der Waals surface area (Å²) in [6, 6.07) is 0.977. The van der Waals surface area contributed by atoms with Gasteiger partial charge in [0.15, 0.2) is 5.69 Å². The first-order valence-corrected chi connectivity index (χ1v) is 5.65. The van der Waals surface area contributed by atoms with Crippen LogP contribution < -0.4 is 0 Å². The van der Waals surface area contributed by atoms with Crippen molar-refractivity contribution < 1.29 is 27.9 Å². The van der Waals surface area contributed by atoms with Gasteiger partial charge in [0.2, 0.25) is 5.78 Å². The lowest BCUT2D eigenvalue weighted by Gasteiger charge is -2.04. The Labute approximate surface area is 107 Å². The molecule has 2 aromatic heterocycles. The number of nitrogens with zero attached hydrogens (tertiary/aromatic N) is 1. The molecule has 0 amide bonds. The number of carbonyl (C=O) groups excluding carboxylic acids is 1. The zero-order chi connectivity index (χ0) is 14.2. The van der Waals surface area contributed by atoms with E-state index in [9.17, 15) is 22.8 Å². The summed E-state index contributed by atoms with van der Waals surface area (Å²) in [4.78, 5) is 27.3. The Morgan fingerprint density at radius 3 is 2.58 bits per heavy atom. The standard InChI is InChI=1S/C10H5F3N2O3S/c11-10(12,13)8-7(19-3-15-8)6(16)4-1-5(9(17)18)14-2-4/h1-3,14H,(H,17,18). The molecule has 2 aromatic rings. The SMILES string of the molecule is O=C(O)c1cc(C(=O)c2scnc2C(F)(F)F)c[nH]1. The molecule has 0 saturated heterocycles. The third kappa shape index (κ3) is 2.50. The number of carboxylic acid groups (broad SMARTS) is 1. The Balaban J connectivity index is 2.39. The van der Waals surface area contributed by atoms with Gasteiger partial charge in [-0.25, -0.2) is 9.78 Å². The van der Waals surface area contributed by atoms with E-state index in [0.717, 1.165) is 17.8 Å². The van der Waals surface area contributed by atoms with Gasteiger partial charge in [0, 0.05) is 11.8 Å². The number of nitrogens with one attached hydrogen (secondary N) is 1. The number of ketones is 1. The van der Waals surface area contributed by atoms with Gasteiger partial charge in [-0.1, -0.05) is 0 Å². The van der Waals surface area contributed by atoms with E-state index in [1.54, 1.807) is 0 Å². The van der Waals surface area contributed by atoms with Crippen LogP contribution in [-0.2, 0) is 6.18 Å². The number of hydrogen-bond donors (Lipinski definition) is 2. The van der Waals surface area contributed by atoms with Crippen LogP contribution in [0.25, 0.3) is 0 Å². The van der Waals surface area contributed by atoms with Crippen LogP contribution >= 0.6 is 11.3 Å². The molecule has 0 saturated carbocycles. The zero-order valence-corrected chi connectivity index (χ0v) is 9.80.